The Balaban J connectivity index is 2.18. The number of hydrogen-bond donors (Lipinski definition) is 1. The highest BCUT2D eigenvalue weighted by atomic mass is 32.2. The molecule has 4 heteroatoms. The molecule has 3 aromatic rings. The van der Waals surface area contributed by atoms with Gasteiger partial charge in [-0.15, -0.1) is 11.8 Å². The van der Waals surface area contributed by atoms with Crippen LogP contribution in [-0.4, -0.2) is 16.8 Å². The minimum Gasteiger partial charge on any atom is -0.496 e. The van der Waals surface area contributed by atoms with Gasteiger partial charge < -0.3 is 9.72 Å². The zero-order chi connectivity index (χ0) is 20.3. The van der Waals surface area contributed by atoms with E-state index in [-0.39, 0.29) is 10.7 Å². The molecule has 1 unspecified atom stereocenters. The Morgan fingerprint density at radius 3 is 2.46 bits per heavy atom. The number of hydrogen-bond acceptors (Lipinski definition) is 3. The Hall–Kier alpha value is -2.38. The van der Waals surface area contributed by atoms with Crippen LogP contribution in [-0.2, 0) is 6.42 Å². The maximum absolute atomic E-state index is 9.52. The molecule has 1 heterocycles. The Morgan fingerprint density at radius 1 is 1.14 bits per heavy atom. The van der Waals surface area contributed by atoms with Crippen LogP contribution in [0.3, 0.4) is 0 Å². The number of aromatic amines is 1. The predicted octanol–water partition coefficient (Wildman–Crippen LogP) is 6.62. The Labute approximate surface area is 172 Å². The van der Waals surface area contributed by atoms with E-state index >= 15 is 0 Å². The topological polar surface area (TPSA) is 48.8 Å². The summed E-state index contributed by atoms with van der Waals surface area (Å²) in [5.41, 5.74) is 4.67. The van der Waals surface area contributed by atoms with E-state index in [9.17, 15) is 5.26 Å². The first-order chi connectivity index (χ1) is 13.3. The number of methoxy groups -OCH3 is 1. The smallest absolute Gasteiger partial charge is 0.122 e. The van der Waals surface area contributed by atoms with Crippen molar-refractivity contribution >= 4 is 22.7 Å². The van der Waals surface area contributed by atoms with Crippen LogP contribution in [0.5, 0.6) is 5.75 Å². The molecular formula is C24H28N2OS. The van der Waals surface area contributed by atoms with Gasteiger partial charge >= 0.3 is 0 Å². The van der Waals surface area contributed by atoms with Crippen LogP contribution in [0.4, 0.5) is 0 Å². The number of benzene rings is 2. The molecule has 1 N–H and O–H groups in total. The fraction of sp³-hybridized carbons (Fsp3) is 0.375. The highest BCUT2D eigenvalue weighted by Crippen LogP contribution is 2.45. The number of aryl methyl sites for hydroxylation is 1. The predicted molar refractivity (Wildman–Crippen MR) is 118 cm³/mol. The van der Waals surface area contributed by atoms with E-state index in [0.717, 1.165) is 28.9 Å². The van der Waals surface area contributed by atoms with E-state index in [1.807, 2.05) is 23.9 Å². The van der Waals surface area contributed by atoms with Gasteiger partial charge in [-0.25, -0.2) is 0 Å². The minimum atomic E-state index is 0.0589. The molecule has 1 aromatic heterocycles. The van der Waals surface area contributed by atoms with Gasteiger partial charge in [0, 0.05) is 44.1 Å². The number of aromatic nitrogens is 1. The molecule has 2 aromatic carbocycles. The third-order valence-corrected chi connectivity index (χ3v) is 6.10. The molecule has 28 heavy (non-hydrogen) atoms. The van der Waals surface area contributed by atoms with Crippen LogP contribution in [0.2, 0.25) is 0 Å². The number of fused-ring (bicyclic) bond motifs is 1. The average Bonchev–Trinajstić information content (AvgIpc) is 3.00. The monoisotopic (exact) mass is 392 g/mol. The fourth-order valence-corrected chi connectivity index (χ4v) is 4.94. The van der Waals surface area contributed by atoms with Crippen molar-refractivity contribution in [3.8, 4) is 11.8 Å². The highest BCUT2D eigenvalue weighted by molar-refractivity contribution is 8.00. The SMILES string of the molecule is COc1ccc2[nH]c(C(CC#N)Cc3ccccc3)c(SC(C)(C)C)c2c1C. The molecule has 0 aliphatic rings. The molecule has 0 bridgehead atoms. The van der Waals surface area contributed by atoms with Gasteiger partial charge in [-0.3, -0.25) is 0 Å². The van der Waals surface area contributed by atoms with Gasteiger partial charge in [0.1, 0.15) is 5.75 Å². The van der Waals surface area contributed by atoms with Gasteiger partial charge in [-0.1, -0.05) is 51.1 Å². The molecule has 3 nitrogen and oxygen atoms in total. The quantitative estimate of drug-likeness (QED) is 0.480. The van der Waals surface area contributed by atoms with Crippen molar-refractivity contribution < 1.29 is 4.74 Å². The van der Waals surface area contributed by atoms with Crippen LogP contribution in [0, 0.1) is 18.3 Å². The average molecular weight is 393 g/mol. The van der Waals surface area contributed by atoms with Crippen molar-refractivity contribution in [1.29, 1.82) is 5.26 Å². The molecule has 0 fully saturated rings. The summed E-state index contributed by atoms with van der Waals surface area (Å²) in [5, 5.41) is 10.7. The van der Waals surface area contributed by atoms with E-state index in [1.165, 1.54) is 15.8 Å². The second kappa shape index (κ2) is 8.32. The molecule has 0 spiro atoms. The third kappa shape index (κ3) is 4.36. The zero-order valence-corrected chi connectivity index (χ0v) is 18.1. The molecule has 0 saturated heterocycles. The largest absolute Gasteiger partial charge is 0.496 e. The molecular weight excluding hydrogens is 364 g/mol. The summed E-state index contributed by atoms with van der Waals surface area (Å²) in [5.74, 6) is 1.02. The Morgan fingerprint density at radius 2 is 1.86 bits per heavy atom. The number of nitrogens with zero attached hydrogens (tertiary/aromatic N) is 1. The van der Waals surface area contributed by atoms with Crippen LogP contribution in [0.25, 0.3) is 10.9 Å². The van der Waals surface area contributed by atoms with Crippen molar-refractivity contribution in [2.24, 2.45) is 0 Å². The van der Waals surface area contributed by atoms with Crippen molar-refractivity contribution in [2.45, 2.75) is 56.1 Å². The molecule has 0 aliphatic heterocycles. The summed E-state index contributed by atoms with van der Waals surface area (Å²) in [6, 6.07) is 16.9. The van der Waals surface area contributed by atoms with E-state index in [4.69, 9.17) is 4.74 Å². The van der Waals surface area contributed by atoms with Crippen LogP contribution in [0.1, 0.15) is 49.9 Å². The molecule has 0 amide bonds. The van der Waals surface area contributed by atoms with Crippen molar-refractivity contribution in [1.82, 2.24) is 4.98 Å². The summed E-state index contributed by atoms with van der Waals surface area (Å²) in [7, 11) is 1.71. The molecule has 0 saturated carbocycles. The number of ether oxygens (including phenoxy) is 1. The van der Waals surface area contributed by atoms with E-state index in [0.29, 0.717) is 6.42 Å². The Kier molecular flexibility index (Phi) is 6.05. The fourth-order valence-electron chi connectivity index (χ4n) is 3.63. The first-order valence-corrected chi connectivity index (χ1v) is 10.4. The first kappa shape index (κ1) is 20.4. The highest BCUT2D eigenvalue weighted by Gasteiger charge is 2.26. The summed E-state index contributed by atoms with van der Waals surface area (Å²) in [6.45, 7) is 8.80. The molecule has 3 rings (SSSR count). The lowest BCUT2D eigenvalue weighted by Gasteiger charge is -2.21. The number of rotatable bonds is 6. The first-order valence-electron chi connectivity index (χ1n) is 9.63. The van der Waals surface area contributed by atoms with Gasteiger partial charge in [0.25, 0.3) is 0 Å². The maximum Gasteiger partial charge on any atom is 0.122 e. The number of thioether (sulfide) groups is 1. The second-order valence-electron chi connectivity index (χ2n) is 8.15. The summed E-state index contributed by atoms with van der Waals surface area (Å²) < 4.78 is 5.63. The van der Waals surface area contributed by atoms with Crippen molar-refractivity contribution in [3.63, 3.8) is 0 Å². The van der Waals surface area contributed by atoms with Crippen molar-refractivity contribution in [2.75, 3.05) is 7.11 Å². The van der Waals surface area contributed by atoms with E-state index in [1.54, 1.807) is 7.11 Å². The maximum atomic E-state index is 9.52. The van der Waals surface area contributed by atoms with E-state index in [2.05, 4.69) is 69.1 Å². The lowest BCUT2D eigenvalue weighted by molar-refractivity contribution is 0.412. The lowest BCUT2D eigenvalue weighted by Crippen LogP contribution is -2.10. The van der Waals surface area contributed by atoms with E-state index < -0.39 is 0 Å². The van der Waals surface area contributed by atoms with Crippen LogP contribution < -0.4 is 4.74 Å². The Bertz CT molecular complexity index is 993. The molecule has 1 atom stereocenters. The van der Waals surface area contributed by atoms with Gasteiger partial charge in [0.2, 0.25) is 0 Å². The van der Waals surface area contributed by atoms with Crippen LogP contribution in [0.15, 0.2) is 47.4 Å². The van der Waals surface area contributed by atoms with Gasteiger partial charge in [-0.05, 0) is 31.0 Å². The summed E-state index contributed by atoms with van der Waals surface area (Å²) >= 11 is 1.87. The standard InChI is InChI=1S/C24H28N2OS/c1-16-20(27-5)12-11-19-21(16)23(28-24(2,3)4)22(26-19)18(13-14-25)15-17-9-7-6-8-10-17/h6-12,18,26H,13,15H2,1-5H3. The van der Waals surface area contributed by atoms with Crippen molar-refractivity contribution in [3.05, 3.63) is 59.3 Å². The third-order valence-electron chi connectivity index (χ3n) is 4.86. The van der Waals surface area contributed by atoms with Gasteiger partial charge in [0.15, 0.2) is 0 Å². The lowest BCUT2D eigenvalue weighted by atomic mass is 9.93. The summed E-state index contributed by atoms with van der Waals surface area (Å²) in [6.07, 6.45) is 1.32. The molecule has 146 valence electrons. The second-order valence-corrected chi connectivity index (χ2v) is 9.98. The minimum absolute atomic E-state index is 0.0589. The number of nitriles is 1. The van der Waals surface area contributed by atoms with Gasteiger partial charge in [0.05, 0.1) is 13.2 Å². The van der Waals surface area contributed by atoms with Gasteiger partial charge in [-0.2, -0.15) is 5.26 Å². The molecule has 0 radical (unpaired) electrons. The van der Waals surface area contributed by atoms with Crippen LogP contribution >= 0.6 is 11.8 Å². The molecule has 0 aliphatic carbocycles. The summed E-state index contributed by atoms with van der Waals surface area (Å²) in [4.78, 5) is 4.90. The zero-order valence-electron chi connectivity index (χ0n) is 17.3. The number of H-pyrrole nitrogens is 1. The normalized spacial score (nSPS) is 12.7. The number of nitrogens with one attached hydrogen (secondary N) is 1.